The maximum absolute atomic E-state index is 13.9. The first-order valence-electron chi connectivity index (χ1n) is 6.72. The topological polar surface area (TPSA) is 28.2 Å². The van der Waals surface area contributed by atoms with Gasteiger partial charge in [0.15, 0.2) is 23.3 Å². The van der Waals surface area contributed by atoms with Gasteiger partial charge in [0.25, 0.3) is 0 Å². The van der Waals surface area contributed by atoms with Gasteiger partial charge in [-0.15, -0.1) is 0 Å². The molecule has 2 rings (SSSR count). The fourth-order valence-electron chi connectivity index (χ4n) is 2.49. The summed E-state index contributed by atoms with van der Waals surface area (Å²) in [6, 6.07) is 0.907. The van der Waals surface area contributed by atoms with Crippen LogP contribution in [0.2, 0.25) is 0 Å². The monoisotopic (exact) mass is 269 g/mol. The Morgan fingerprint density at radius 3 is 2.63 bits per heavy atom. The molecule has 0 atom stereocenters. The Morgan fingerprint density at radius 2 is 1.95 bits per heavy atom. The van der Waals surface area contributed by atoms with Crippen LogP contribution in [0.3, 0.4) is 0 Å². The molecule has 0 amide bonds. The highest BCUT2D eigenvalue weighted by Crippen LogP contribution is 2.32. The van der Waals surface area contributed by atoms with E-state index in [-0.39, 0.29) is 17.1 Å². The zero-order valence-electron chi connectivity index (χ0n) is 11.8. The number of nitrogens with zero attached hydrogens (tertiary/aromatic N) is 2. The first kappa shape index (κ1) is 14.0. The van der Waals surface area contributed by atoms with Gasteiger partial charge < -0.3 is 10.2 Å². The lowest BCUT2D eigenvalue weighted by Crippen LogP contribution is -2.27. The zero-order chi connectivity index (χ0) is 14.0. The van der Waals surface area contributed by atoms with Crippen LogP contribution in [0.25, 0.3) is 0 Å². The molecule has 0 aliphatic carbocycles. The minimum Gasteiger partial charge on any atom is -0.371 e. The van der Waals surface area contributed by atoms with E-state index in [2.05, 4.69) is 24.1 Å². The minimum atomic E-state index is -0.654. The SMILES string of the molecule is CNc1nc(N2CCCC(C)(C)CC2)c(F)cc1F. The van der Waals surface area contributed by atoms with Crippen LogP contribution in [0.4, 0.5) is 20.4 Å². The second-order valence-corrected chi connectivity index (χ2v) is 5.88. The molecule has 1 saturated heterocycles. The fourth-order valence-corrected chi connectivity index (χ4v) is 2.49. The van der Waals surface area contributed by atoms with Gasteiger partial charge in [0.1, 0.15) is 0 Å². The third-order valence-electron chi connectivity index (χ3n) is 3.79. The van der Waals surface area contributed by atoms with Gasteiger partial charge >= 0.3 is 0 Å². The van der Waals surface area contributed by atoms with E-state index in [0.717, 1.165) is 38.4 Å². The molecule has 3 nitrogen and oxygen atoms in total. The van der Waals surface area contributed by atoms with Crippen LogP contribution in [0.15, 0.2) is 6.07 Å². The van der Waals surface area contributed by atoms with Crippen molar-refractivity contribution in [2.75, 3.05) is 30.4 Å². The van der Waals surface area contributed by atoms with E-state index in [9.17, 15) is 8.78 Å². The highest BCUT2D eigenvalue weighted by atomic mass is 19.1. The lowest BCUT2D eigenvalue weighted by Gasteiger charge is -2.24. The van der Waals surface area contributed by atoms with Crippen LogP contribution in [-0.4, -0.2) is 25.1 Å². The molecule has 0 bridgehead atoms. The van der Waals surface area contributed by atoms with Gasteiger partial charge in [-0.3, -0.25) is 0 Å². The quantitative estimate of drug-likeness (QED) is 0.891. The van der Waals surface area contributed by atoms with Gasteiger partial charge in [-0.25, -0.2) is 13.8 Å². The predicted molar refractivity (Wildman–Crippen MR) is 73.5 cm³/mol. The largest absolute Gasteiger partial charge is 0.371 e. The van der Waals surface area contributed by atoms with Crippen molar-refractivity contribution in [3.8, 4) is 0 Å². The van der Waals surface area contributed by atoms with E-state index in [1.54, 1.807) is 7.05 Å². The molecule has 1 aromatic heterocycles. The number of nitrogens with one attached hydrogen (secondary N) is 1. The Hall–Kier alpha value is -1.39. The number of anilines is 2. The summed E-state index contributed by atoms with van der Waals surface area (Å²) in [5, 5.41) is 2.65. The molecule has 1 aliphatic heterocycles. The fraction of sp³-hybridized carbons (Fsp3) is 0.643. The number of hydrogen-bond acceptors (Lipinski definition) is 3. The van der Waals surface area contributed by atoms with Crippen molar-refractivity contribution in [2.45, 2.75) is 33.1 Å². The van der Waals surface area contributed by atoms with Crippen molar-refractivity contribution in [2.24, 2.45) is 5.41 Å². The molecule has 0 radical (unpaired) electrons. The summed E-state index contributed by atoms with van der Waals surface area (Å²) in [4.78, 5) is 5.99. The molecule has 19 heavy (non-hydrogen) atoms. The molecule has 1 aromatic rings. The summed E-state index contributed by atoms with van der Waals surface area (Å²) in [6.07, 6.45) is 3.10. The van der Waals surface area contributed by atoms with E-state index >= 15 is 0 Å². The van der Waals surface area contributed by atoms with Gasteiger partial charge in [0.05, 0.1) is 0 Å². The van der Waals surface area contributed by atoms with E-state index in [1.807, 2.05) is 4.90 Å². The normalized spacial score (nSPS) is 19.1. The van der Waals surface area contributed by atoms with Crippen LogP contribution >= 0.6 is 0 Å². The maximum Gasteiger partial charge on any atom is 0.168 e. The van der Waals surface area contributed by atoms with Gasteiger partial charge in [0, 0.05) is 26.2 Å². The molecule has 1 aliphatic rings. The molecule has 1 N–H and O–H groups in total. The van der Waals surface area contributed by atoms with Gasteiger partial charge in [-0.2, -0.15) is 0 Å². The van der Waals surface area contributed by atoms with Crippen LogP contribution in [0, 0.1) is 17.0 Å². The zero-order valence-corrected chi connectivity index (χ0v) is 11.8. The van der Waals surface area contributed by atoms with Crippen molar-refractivity contribution in [3.63, 3.8) is 0 Å². The average molecular weight is 269 g/mol. The summed E-state index contributed by atoms with van der Waals surface area (Å²) >= 11 is 0. The third kappa shape index (κ3) is 3.14. The average Bonchev–Trinajstić information content (AvgIpc) is 2.51. The Balaban J connectivity index is 2.26. The Labute approximate surface area is 113 Å². The Kier molecular flexibility index (Phi) is 3.92. The summed E-state index contributed by atoms with van der Waals surface area (Å²) in [6.45, 7) is 5.97. The maximum atomic E-state index is 13.9. The number of hydrogen-bond donors (Lipinski definition) is 1. The van der Waals surface area contributed by atoms with Crippen molar-refractivity contribution in [3.05, 3.63) is 17.7 Å². The van der Waals surface area contributed by atoms with Gasteiger partial charge in [0.2, 0.25) is 0 Å². The van der Waals surface area contributed by atoms with Crippen molar-refractivity contribution < 1.29 is 8.78 Å². The lowest BCUT2D eigenvalue weighted by molar-refractivity contribution is 0.325. The molecule has 0 spiro atoms. The molecule has 5 heteroatoms. The van der Waals surface area contributed by atoms with Crippen molar-refractivity contribution >= 4 is 11.6 Å². The molecule has 106 valence electrons. The molecule has 0 saturated carbocycles. The van der Waals surface area contributed by atoms with Crippen LogP contribution in [-0.2, 0) is 0 Å². The van der Waals surface area contributed by atoms with E-state index in [0.29, 0.717) is 0 Å². The standard InChI is InChI=1S/C14H21F2N3/c1-14(2)5-4-7-19(8-6-14)13-11(16)9-10(15)12(17-3)18-13/h9H,4-8H2,1-3H3,(H,17,18). The van der Waals surface area contributed by atoms with E-state index in [4.69, 9.17) is 0 Å². The number of rotatable bonds is 2. The van der Waals surface area contributed by atoms with Gasteiger partial charge in [-0.05, 0) is 24.7 Å². The highest BCUT2D eigenvalue weighted by molar-refractivity contribution is 5.49. The Bertz CT molecular complexity index is 460. The smallest absolute Gasteiger partial charge is 0.168 e. The number of aromatic nitrogens is 1. The second kappa shape index (κ2) is 5.31. The minimum absolute atomic E-state index is 0.0971. The molecular formula is C14H21F2N3. The van der Waals surface area contributed by atoms with Crippen LogP contribution in [0.1, 0.15) is 33.1 Å². The number of pyridine rings is 1. The second-order valence-electron chi connectivity index (χ2n) is 5.88. The first-order valence-corrected chi connectivity index (χ1v) is 6.72. The summed E-state index contributed by atoms with van der Waals surface area (Å²) in [5.41, 5.74) is 0.275. The number of halogens is 2. The molecule has 0 unspecified atom stereocenters. The molecule has 1 fully saturated rings. The Morgan fingerprint density at radius 1 is 1.21 bits per heavy atom. The van der Waals surface area contributed by atoms with Crippen LogP contribution in [0.5, 0.6) is 0 Å². The van der Waals surface area contributed by atoms with E-state index in [1.165, 1.54) is 0 Å². The summed E-state index contributed by atoms with van der Waals surface area (Å²) in [5.74, 6) is -0.890. The third-order valence-corrected chi connectivity index (χ3v) is 3.79. The molecule has 0 aromatic carbocycles. The summed E-state index contributed by atoms with van der Waals surface area (Å²) < 4.78 is 27.3. The predicted octanol–water partition coefficient (Wildman–Crippen LogP) is 3.42. The molecule has 2 heterocycles. The summed E-state index contributed by atoms with van der Waals surface area (Å²) in [7, 11) is 1.58. The van der Waals surface area contributed by atoms with Crippen molar-refractivity contribution in [1.29, 1.82) is 0 Å². The van der Waals surface area contributed by atoms with E-state index < -0.39 is 11.6 Å². The molecular weight excluding hydrogens is 248 g/mol. The van der Waals surface area contributed by atoms with Crippen molar-refractivity contribution in [1.82, 2.24) is 4.98 Å². The van der Waals surface area contributed by atoms with Gasteiger partial charge in [-0.1, -0.05) is 13.8 Å². The highest BCUT2D eigenvalue weighted by Gasteiger charge is 2.25. The first-order chi connectivity index (χ1) is 8.93. The van der Waals surface area contributed by atoms with Crippen LogP contribution < -0.4 is 10.2 Å². The lowest BCUT2D eigenvalue weighted by atomic mass is 9.85.